The van der Waals surface area contributed by atoms with Crippen LogP contribution in [0.4, 0.5) is 0 Å². The Labute approximate surface area is 170 Å². The molecule has 1 rings (SSSR count). The van der Waals surface area contributed by atoms with E-state index in [0.29, 0.717) is 12.8 Å². The molecule has 0 aromatic rings. The Morgan fingerprint density at radius 3 is 2.25 bits per heavy atom. The average molecular weight is 467 g/mol. The van der Waals surface area contributed by atoms with Crippen molar-refractivity contribution < 1.29 is 34.5 Å². The Kier molecular flexibility index (Phi) is 9.31. The molecule has 0 aliphatic carbocycles. The number of rotatable bonds is 9. The molecule has 12 heteroatoms. The van der Waals surface area contributed by atoms with Crippen molar-refractivity contribution in [3.8, 4) is 0 Å². The molecule has 0 bridgehead atoms. The van der Waals surface area contributed by atoms with Crippen LogP contribution in [0.1, 0.15) is 26.7 Å². The summed E-state index contributed by atoms with van der Waals surface area (Å²) in [5.74, 6) is -3.34. The van der Waals surface area contributed by atoms with E-state index < -0.39 is 60.1 Å². The SMILES string of the molecule is C[C@@H](O)[C@H](N)C(=O)N1CCC[C@H]1C(=O)N[C@H](C(=O)N[C@@H](C[SeH])C(=O)O)[C@@H](C)O. The number of carbonyl (C=O) groups excluding carboxylic acids is 3. The fourth-order valence-electron chi connectivity index (χ4n) is 2.80. The van der Waals surface area contributed by atoms with Crippen LogP contribution < -0.4 is 16.4 Å². The van der Waals surface area contributed by atoms with Crippen LogP contribution in [0.5, 0.6) is 0 Å². The third-order valence-electron chi connectivity index (χ3n) is 4.50. The molecule has 0 radical (unpaired) electrons. The molecule has 1 fully saturated rings. The third-order valence-corrected chi connectivity index (χ3v) is 5.27. The summed E-state index contributed by atoms with van der Waals surface area (Å²) in [7, 11) is 0. The van der Waals surface area contributed by atoms with E-state index in [-0.39, 0.29) is 11.9 Å². The molecule has 160 valence electrons. The summed E-state index contributed by atoms with van der Waals surface area (Å²) in [6.45, 7) is 2.92. The Hall–Kier alpha value is -1.72. The Morgan fingerprint density at radius 2 is 1.79 bits per heavy atom. The van der Waals surface area contributed by atoms with Gasteiger partial charge >= 0.3 is 158 Å². The van der Waals surface area contributed by atoms with Gasteiger partial charge in [-0.2, -0.15) is 0 Å². The van der Waals surface area contributed by atoms with Gasteiger partial charge in [-0.3, -0.25) is 0 Å². The first kappa shape index (κ1) is 24.3. The molecule has 11 nitrogen and oxygen atoms in total. The summed E-state index contributed by atoms with van der Waals surface area (Å²) in [4.78, 5) is 49.7. The van der Waals surface area contributed by atoms with Crippen molar-refractivity contribution in [1.29, 1.82) is 0 Å². The quantitative estimate of drug-likeness (QED) is 0.188. The summed E-state index contributed by atoms with van der Waals surface area (Å²) < 4.78 is 0. The van der Waals surface area contributed by atoms with Gasteiger partial charge in [-0.05, 0) is 6.92 Å². The number of hydrogen-bond donors (Lipinski definition) is 6. The molecular formula is C16H28N4O7Se. The Balaban J connectivity index is 2.86. The number of aliphatic hydroxyl groups is 2. The predicted molar refractivity (Wildman–Crippen MR) is 99.5 cm³/mol. The van der Waals surface area contributed by atoms with Crippen molar-refractivity contribution in [1.82, 2.24) is 15.5 Å². The summed E-state index contributed by atoms with van der Waals surface area (Å²) in [5.41, 5.74) is 5.66. The molecule has 0 spiro atoms. The van der Waals surface area contributed by atoms with Crippen LogP contribution in [-0.4, -0.2) is 103 Å². The topological polar surface area (TPSA) is 182 Å². The van der Waals surface area contributed by atoms with Gasteiger partial charge in [-0.15, -0.1) is 0 Å². The van der Waals surface area contributed by atoms with Gasteiger partial charge in [0.05, 0.1) is 0 Å². The number of carboxylic acids is 1. The van der Waals surface area contributed by atoms with Crippen LogP contribution in [0.3, 0.4) is 0 Å². The van der Waals surface area contributed by atoms with Crippen LogP contribution in [0, 0.1) is 0 Å². The maximum atomic E-state index is 12.6. The second kappa shape index (κ2) is 10.7. The van der Waals surface area contributed by atoms with E-state index in [9.17, 15) is 29.4 Å². The Morgan fingerprint density at radius 1 is 1.18 bits per heavy atom. The van der Waals surface area contributed by atoms with Gasteiger partial charge in [0, 0.05) is 0 Å². The average Bonchev–Trinajstić information content (AvgIpc) is 3.11. The van der Waals surface area contributed by atoms with E-state index in [2.05, 4.69) is 10.6 Å². The number of carbonyl (C=O) groups is 4. The molecule has 1 aliphatic rings. The first-order valence-corrected chi connectivity index (χ1v) is 10.2. The van der Waals surface area contributed by atoms with E-state index in [1.165, 1.54) is 18.7 Å². The van der Waals surface area contributed by atoms with Crippen LogP contribution >= 0.6 is 0 Å². The molecule has 3 amide bonds. The van der Waals surface area contributed by atoms with Gasteiger partial charge in [0.1, 0.15) is 0 Å². The number of amides is 3. The molecular weight excluding hydrogens is 439 g/mol. The maximum absolute atomic E-state index is 12.6. The first-order chi connectivity index (χ1) is 13.0. The number of carboxylic acid groups (broad SMARTS) is 1. The molecule has 0 aromatic heterocycles. The van der Waals surface area contributed by atoms with Gasteiger partial charge in [-0.25, -0.2) is 0 Å². The van der Waals surface area contributed by atoms with Gasteiger partial charge in [0.15, 0.2) is 0 Å². The second-order valence-corrected chi connectivity index (χ2v) is 7.53. The number of nitrogens with zero attached hydrogens (tertiary/aromatic N) is 1. The number of aliphatic carboxylic acids is 1. The van der Waals surface area contributed by atoms with E-state index in [1.807, 2.05) is 16.0 Å². The minimum absolute atomic E-state index is 0.0662. The van der Waals surface area contributed by atoms with Crippen LogP contribution in [0.2, 0.25) is 5.32 Å². The molecule has 7 N–H and O–H groups in total. The number of aliphatic hydroxyl groups excluding tert-OH is 2. The summed E-state index contributed by atoms with van der Waals surface area (Å²) in [6.07, 6.45) is -1.51. The van der Waals surface area contributed by atoms with Gasteiger partial charge in [0.2, 0.25) is 0 Å². The zero-order chi connectivity index (χ0) is 21.6. The van der Waals surface area contributed by atoms with Crippen molar-refractivity contribution in [2.75, 3.05) is 6.54 Å². The molecule has 1 saturated heterocycles. The minimum atomic E-state index is -1.39. The number of likely N-dealkylation sites (tertiary alicyclic amines) is 1. The predicted octanol–water partition coefficient (Wildman–Crippen LogP) is -3.56. The molecule has 0 aromatic carbocycles. The summed E-state index contributed by atoms with van der Waals surface area (Å²) in [5, 5.41) is 33.1. The van der Waals surface area contributed by atoms with Crippen LogP contribution in [0.25, 0.3) is 0 Å². The molecule has 0 saturated carbocycles. The summed E-state index contributed by atoms with van der Waals surface area (Å²) >= 11 is 2.04. The van der Waals surface area contributed by atoms with Crippen LogP contribution in [-0.2, 0) is 19.2 Å². The van der Waals surface area contributed by atoms with E-state index in [1.54, 1.807) is 0 Å². The third kappa shape index (κ3) is 6.14. The van der Waals surface area contributed by atoms with Gasteiger partial charge < -0.3 is 5.11 Å². The standard InChI is InChI=1S/C16H28N4O7Se/c1-7(21)11(17)15(25)20-5-3-4-10(20)13(23)19-12(8(2)22)14(24)18-9(6-28)16(26)27/h7-12,21-22,28H,3-6,17H2,1-2H3,(H,18,24)(H,19,23)(H,26,27)/t7-,8-,9+,10+,11+,12+/m1/s1. The normalized spacial score (nSPS) is 21.9. The van der Waals surface area contributed by atoms with Crippen molar-refractivity contribution in [3.05, 3.63) is 0 Å². The first-order valence-electron chi connectivity index (χ1n) is 8.87. The zero-order valence-corrected chi connectivity index (χ0v) is 17.6. The van der Waals surface area contributed by atoms with Crippen molar-refractivity contribution in [3.63, 3.8) is 0 Å². The molecule has 1 heterocycles. The number of hydrogen-bond acceptors (Lipinski definition) is 7. The fraction of sp³-hybridized carbons (Fsp3) is 0.750. The fourth-order valence-corrected chi connectivity index (χ4v) is 3.32. The van der Waals surface area contributed by atoms with E-state index in [4.69, 9.17) is 10.8 Å². The summed E-state index contributed by atoms with van der Waals surface area (Å²) in [6, 6.07) is -4.65. The van der Waals surface area contributed by atoms with E-state index in [0.717, 1.165) is 0 Å². The zero-order valence-electron chi connectivity index (χ0n) is 15.7. The molecule has 0 unspecified atom stereocenters. The monoisotopic (exact) mass is 468 g/mol. The second-order valence-electron chi connectivity index (χ2n) is 6.76. The molecule has 28 heavy (non-hydrogen) atoms. The van der Waals surface area contributed by atoms with Gasteiger partial charge in [0.25, 0.3) is 0 Å². The van der Waals surface area contributed by atoms with Crippen molar-refractivity contribution >= 4 is 39.7 Å². The molecule has 6 atom stereocenters. The molecule has 1 aliphatic heterocycles. The van der Waals surface area contributed by atoms with Crippen LogP contribution in [0.15, 0.2) is 0 Å². The van der Waals surface area contributed by atoms with Crippen molar-refractivity contribution in [2.24, 2.45) is 5.73 Å². The van der Waals surface area contributed by atoms with Gasteiger partial charge in [-0.1, -0.05) is 0 Å². The van der Waals surface area contributed by atoms with Crippen molar-refractivity contribution in [2.45, 2.75) is 68.4 Å². The Bertz CT molecular complexity index is 602. The van der Waals surface area contributed by atoms with E-state index >= 15 is 0 Å². The number of nitrogens with one attached hydrogen (secondary N) is 2. The number of nitrogens with two attached hydrogens (primary N) is 1.